The lowest BCUT2D eigenvalue weighted by Crippen LogP contribution is -2.31. The van der Waals surface area contributed by atoms with E-state index in [0.29, 0.717) is 13.0 Å². The highest BCUT2D eigenvalue weighted by molar-refractivity contribution is 5.77. The van der Waals surface area contributed by atoms with Gasteiger partial charge in [0, 0.05) is 19.3 Å². The maximum Gasteiger partial charge on any atom is 0.225 e. The Labute approximate surface area is 108 Å². The van der Waals surface area contributed by atoms with E-state index in [0.717, 1.165) is 30.8 Å². The molecular weight excluding hydrogens is 228 g/mol. The van der Waals surface area contributed by atoms with Crippen LogP contribution in [0.3, 0.4) is 0 Å². The largest absolute Gasteiger partial charge is 0.384 e. The van der Waals surface area contributed by atoms with E-state index in [4.69, 9.17) is 4.74 Å². The molecule has 1 saturated heterocycles. The molecule has 0 aliphatic carbocycles. The summed E-state index contributed by atoms with van der Waals surface area (Å²) < 4.78 is 4.97. The van der Waals surface area contributed by atoms with E-state index < -0.39 is 0 Å². The summed E-state index contributed by atoms with van der Waals surface area (Å²) in [6, 6.07) is 6.15. The number of methoxy groups -OCH3 is 1. The summed E-state index contributed by atoms with van der Waals surface area (Å²) in [7, 11) is 1.62. The molecule has 4 heteroatoms. The molecule has 1 aromatic rings. The van der Waals surface area contributed by atoms with Gasteiger partial charge in [-0.15, -0.1) is 0 Å². The molecule has 0 unspecified atom stereocenters. The molecule has 1 aliphatic heterocycles. The van der Waals surface area contributed by atoms with Gasteiger partial charge in [-0.2, -0.15) is 0 Å². The van der Waals surface area contributed by atoms with Crippen LogP contribution in [0.5, 0.6) is 0 Å². The van der Waals surface area contributed by atoms with Crippen molar-refractivity contribution in [1.29, 1.82) is 0 Å². The molecule has 1 fully saturated rings. The van der Waals surface area contributed by atoms with Crippen molar-refractivity contribution in [1.82, 2.24) is 9.88 Å². The van der Waals surface area contributed by atoms with Gasteiger partial charge >= 0.3 is 0 Å². The van der Waals surface area contributed by atoms with Crippen molar-refractivity contribution in [3.8, 4) is 0 Å². The number of hydrogen-bond donors (Lipinski definition) is 0. The zero-order valence-electron chi connectivity index (χ0n) is 11.1. The van der Waals surface area contributed by atoms with E-state index >= 15 is 0 Å². The standard InChI is InChI=1S/C14H20N2O2/c1-11-5-3-6-12(15-11)13-7-4-9-16(13)14(17)8-10-18-2/h3,5-6,13H,4,7-10H2,1-2H3/t13-/m1/s1. The number of amides is 1. The number of likely N-dealkylation sites (tertiary alicyclic amines) is 1. The van der Waals surface area contributed by atoms with Gasteiger partial charge in [0.15, 0.2) is 0 Å². The first-order valence-corrected chi connectivity index (χ1v) is 6.44. The summed E-state index contributed by atoms with van der Waals surface area (Å²) in [4.78, 5) is 18.6. The van der Waals surface area contributed by atoms with E-state index in [1.807, 2.05) is 30.0 Å². The van der Waals surface area contributed by atoms with Crippen molar-refractivity contribution >= 4 is 5.91 Å². The number of rotatable bonds is 4. The molecule has 2 rings (SSSR count). The molecule has 2 heterocycles. The van der Waals surface area contributed by atoms with Crippen molar-refractivity contribution < 1.29 is 9.53 Å². The summed E-state index contributed by atoms with van der Waals surface area (Å²) in [6.07, 6.45) is 2.52. The van der Waals surface area contributed by atoms with Gasteiger partial charge in [0.25, 0.3) is 0 Å². The molecule has 1 atom stereocenters. The number of carbonyl (C=O) groups excluding carboxylic acids is 1. The molecule has 0 spiro atoms. The van der Waals surface area contributed by atoms with E-state index in [2.05, 4.69) is 4.98 Å². The number of aromatic nitrogens is 1. The molecule has 1 amide bonds. The molecule has 0 aromatic carbocycles. The molecule has 1 aromatic heterocycles. The fourth-order valence-electron chi connectivity index (χ4n) is 2.46. The van der Waals surface area contributed by atoms with Crippen LogP contribution in [-0.2, 0) is 9.53 Å². The molecule has 18 heavy (non-hydrogen) atoms. The fraction of sp³-hybridized carbons (Fsp3) is 0.571. The second kappa shape index (κ2) is 5.96. The summed E-state index contributed by atoms with van der Waals surface area (Å²) in [5.41, 5.74) is 2.02. The third-order valence-electron chi connectivity index (χ3n) is 3.34. The van der Waals surface area contributed by atoms with Crippen LogP contribution in [0.4, 0.5) is 0 Å². The monoisotopic (exact) mass is 248 g/mol. The van der Waals surface area contributed by atoms with Crippen LogP contribution in [0.1, 0.15) is 36.7 Å². The highest BCUT2D eigenvalue weighted by Gasteiger charge is 2.30. The SMILES string of the molecule is COCCC(=O)N1CCC[C@@H]1c1cccc(C)n1. The molecule has 0 bridgehead atoms. The fourth-order valence-corrected chi connectivity index (χ4v) is 2.46. The predicted molar refractivity (Wildman–Crippen MR) is 69.2 cm³/mol. The van der Waals surface area contributed by atoms with Crippen LogP contribution < -0.4 is 0 Å². The Bertz CT molecular complexity index is 420. The molecule has 0 radical (unpaired) electrons. The van der Waals surface area contributed by atoms with E-state index in [-0.39, 0.29) is 11.9 Å². The summed E-state index contributed by atoms with van der Waals surface area (Å²) in [6.45, 7) is 3.31. The molecule has 4 nitrogen and oxygen atoms in total. The van der Waals surface area contributed by atoms with E-state index in [1.54, 1.807) is 7.11 Å². The van der Waals surface area contributed by atoms with E-state index in [1.165, 1.54) is 0 Å². The Morgan fingerprint density at radius 2 is 2.39 bits per heavy atom. The zero-order chi connectivity index (χ0) is 13.0. The van der Waals surface area contributed by atoms with Crippen LogP contribution in [0, 0.1) is 6.92 Å². The second-order valence-electron chi connectivity index (χ2n) is 4.69. The van der Waals surface area contributed by atoms with Gasteiger partial charge in [0.05, 0.1) is 24.8 Å². The number of ether oxygens (including phenoxy) is 1. The smallest absolute Gasteiger partial charge is 0.225 e. The predicted octanol–water partition coefficient (Wildman–Crippen LogP) is 2.09. The number of nitrogens with zero attached hydrogens (tertiary/aromatic N) is 2. The minimum Gasteiger partial charge on any atom is -0.384 e. The molecule has 0 saturated carbocycles. The summed E-state index contributed by atoms with van der Waals surface area (Å²) in [5, 5.41) is 0. The first-order chi connectivity index (χ1) is 8.72. The zero-order valence-corrected chi connectivity index (χ0v) is 11.1. The Kier molecular flexibility index (Phi) is 4.31. The van der Waals surface area contributed by atoms with Crippen LogP contribution in [0.25, 0.3) is 0 Å². The maximum atomic E-state index is 12.1. The Morgan fingerprint density at radius 3 is 3.11 bits per heavy atom. The molecule has 98 valence electrons. The molecule has 1 aliphatic rings. The van der Waals surface area contributed by atoms with Gasteiger partial charge in [-0.3, -0.25) is 9.78 Å². The highest BCUT2D eigenvalue weighted by atomic mass is 16.5. The quantitative estimate of drug-likeness (QED) is 0.819. The van der Waals surface area contributed by atoms with Crippen molar-refractivity contribution in [3.05, 3.63) is 29.6 Å². The van der Waals surface area contributed by atoms with Gasteiger partial charge < -0.3 is 9.64 Å². The first kappa shape index (κ1) is 13.0. The number of aryl methyl sites for hydroxylation is 1. The van der Waals surface area contributed by atoms with Crippen molar-refractivity contribution in [2.24, 2.45) is 0 Å². The lowest BCUT2D eigenvalue weighted by atomic mass is 10.1. The Balaban J connectivity index is 2.10. The van der Waals surface area contributed by atoms with Gasteiger partial charge in [-0.05, 0) is 31.9 Å². The number of hydrogen-bond acceptors (Lipinski definition) is 3. The highest BCUT2D eigenvalue weighted by Crippen LogP contribution is 2.31. The van der Waals surface area contributed by atoms with Crippen molar-refractivity contribution in [2.45, 2.75) is 32.2 Å². The van der Waals surface area contributed by atoms with Crippen LogP contribution in [-0.4, -0.2) is 36.1 Å². The Hall–Kier alpha value is -1.42. The number of carbonyl (C=O) groups is 1. The molecular formula is C14H20N2O2. The minimum atomic E-state index is 0.147. The van der Waals surface area contributed by atoms with Gasteiger partial charge in [-0.25, -0.2) is 0 Å². The average Bonchev–Trinajstić information content (AvgIpc) is 2.85. The number of pyridine rings is 1. The van der Waals surface area contributed by atoms with Crippen LogP contribution >= 0.6 is 0 Å². The van der Waals surface area contributed by atoms with Gasteiger partial charge in [-0.1, -0.05) is 6.07 Å². The topological polar surface area (TPSA) is 42.4 Å². The minimum absolute atomic E-state index is 0.147. The Morgan fingerprint density at radius 1 is 1.56 bits per heavy atom. The third kappa shape index (κ3) is 2.88. The lowest BCUT2D eigenvalue weighted by molar-refractivity contribution is -0.133. The van der Waals surface area contributed by atoms with Gasteiger partial charge in [0.1, 0.15) is 0 Å². The van der Waals surface area contributed by atoms with Crippen LogP contribution in [0.2, 0.25) is 0 Å². The second-order valence-corrected chi connectivity index (χ2v) is 4.69. The summed E-state index contributed by atoms with van der Waals surface area (Å²) >= 11 is 0. The van der Waals surface area contributed by atoms with Gasteiger partial charge in [0.2, 0.25) is 5.91 Å². The lowest BCUT2D eigenvalue weighted by Gasteiger charge is -2.24. The first-order valence-electron chi connectivity index (χ1n) is 6.44. The van der Waals surface area contributed by atoms with E-state index in [9.17, 15) is 4.79 Å². The third-order valence-corrected chi connectivity index (χ3v) is 3.34. The molecule has 0 N–H and O–H groups in total. The van der Waals surface area contributed by atoms with Crippen LogP contribution in [0.15, 0.2) is 18.2 Å². The van der Waals surface area contributed by atoms with Crippen molar-refractivity contribution in [2.75, 3.05) is 20.3 Å². The summed E-state index contributed by atoms with van der Waals surface area (Å²) in [5.74, 6) is 0.169. The normalized spacial score (nSPS) is 19.2. The maximum absolute atomic E-state index is 12.1. The average molecular weight is 248 g/mol. The van der Waals surface area contributed by atoms with Crippen molar-refractivity contribution in [3.63, 3.8) is 0 Å².